The van der Waals surface area contributed by atoms with Crippen LogP contribution in [0.2, 0.25) is 0 Å². The van der Waals surface area contributed by atoms with Gasteiger partial charge in [-0.05, 0) is 29.3 Å². The van der Waals surface area contributed by atoms with Gasteiger partial charge in [0.1, 0.15) is 5.82 Å². The fourth-order valence-corrected chi connectivity index (χ4v) is 4.06. The number of hydrogen-bond donors (Lipinski definition) is 2. The molecule has 1 aliphatic rings. The van der Waals surface area contributed by atoms with Gasteiger partial charge in [0.15, 0.2) is 11.3 Å². The second-order valence-corrected chi connectivity index (χ2v) is 8.05. The Morgan fingerprint density at radius 2 is 1.62 bits per heavy atom. The summed E-state index contributed by atoms with van der Waals surface area (Å²) in [6.45, 7) is 0.660. The molecule has 1 fully saturated rings. The summed E-state index contributed by atoms with van der Waals surface area (Å²) in [5.74, 6) is -2.56. The van der Waals surface area contributed by atoms with Crippen molar-refractivity contribution in [2.24, 2.45) is 0 Å². The molecule has 0 radical (unpaired) electrons. The van der Waals surface area contributed by atoms with Gasteiger partial charge in [0, 0.05) is 19.0 Å². The minimum Gasteiger partial charge on any atom is -0.326 e. The molecule has 0 spiro atoms. The molecule has 0 aromatic heterocycles. The van der Waals surface area contributed by atoms with Crippen LogP contribution in [0.3, 0.4) is 0 Å². The van der Waals surface area contributed by atoms with Crippen molar-refractivity contribution in [2.45, 2.75) is 18.9 Å². The van der Waals surface area contributed by atoms with E-state index < -0.39 is 35.6 Å². The number of anilines is 1. The van der Waals surface area contributed by atoms with Gasteiger partial charge in [-0.2, -0.15) is 0 Å². The number of nitrogens with zero attached hydrogens (tertiary/aromatic N) is 1. The minimum atomic E-state index is -1.40. The average molecular weight is 459 g/mol. The Labute approximate surface area is 195 Å². The number of carbonyl (C=O) groups is 4. The van der Waals surface area contributed by atoms with Crippen LogP contribution in [0, 0.1) is 5.82 Å². The third-order valence-electron chi connectivity index (χ3n) is 5.65. The summed E-state index contributed by atoms with van der Waals surface area (Å²) < 4.78 is 14.5. The molecule has 1 heterocycles. The van der Waals surface area contributed by atoms with Crippen molar-refractivity contribution in [3.63, 3.8) is 0 Å². The number of carbonyl (C=O) groups excluding carboxylic acids is 4. The summed E-state index contributed by atoms with van der Waals surface area (Å²) in [7, 11) is 0. The third-order valence-corrected chi connectivity index (χ3v) is 5.65. The van der Waals surface area contributed by atoms with Crippen molar-refractivity contribution < 1.29 is 23.6 Å². The highest BCUT2D eigenvalue weighted by Crippen LogP contribution is 2.33. The van der Waals surface area contributed by atoms with E-state index in [4.69, 9.17) is 0 Å². The molecule has 0 bridgehead atoms. The summed E-state index contributed by atoms with van der Waals surface area (Å²) in [6.07, 6.45) is 0.187. The van der Waals surface area contributed by atoms with Crippen molar-refractivity contribution >= 4 is 29.3 Å². The molecule has 1 atom stereocenters. The van der Waals surface area contributed by atoms with Crippen LogP contribution in [0.1, 0.15) is 28.4 Å². The first kappa shape index (κ1) is 22.8. The van der Waals surface area contributed by atoms with Gasteiger partial charge in [0.05, 0.1) is 12.1 Å². The molecule has 4 rings (SSSR count). The molecular weight excluding hydrogens is 437 g/mol. The number of rotatable bonds is 7. The largest absolute Gasteiger partial charge is 0.326 e. The lowest BCUT2D eigenvalue weighted by molar-refractivity contribution is -0.131. The van der Waals surface area contributed by atoms with Crippen molar-refractivity contribution in [2.75, 3.05) is 11.9 Å². The van der Waals surface area contributed by atoms with Gasteiger partial charge >= 0.3 is 6.03 Å². The van der Waals surface area contributed by atoms with Crippen molar-refractivity contribution in [1.82, 2.24) is 10.2 Å². The molecule has 4 amide bonds. The predicted molar refractivity (Wildman–Crippen MR) is 124 cm³/mol. The van der Waals surface area contributed by atoms with Crippen LogP contribution in [0.4, 0.5) is 14.9 Å². The van der Waals surface area contributed by atoms with E-state index in [9.17, 15) is 23.6 Å². The smallest absolute Gasteiger partial charge is 0.325 e. The normalized spacial score (nSPS) is 17.4. The number of amides is 4. The third kappa shape index (κ3) is 4.43. The first-order valence-corrected chi connectivity index (χ1v) is 10.6. The highest BCUT2D eigenvalue weighted by molar-refractivity contribution is 6.11. The van der Waals surface area contributed by atoms with Gasteiger partial charge in [-0.3, -0.25) is 19.3 Å². The van der Waals surface area contributed by atoms with Crippen LogP contribution < -0.4 is 10.6 Å². The second kappa shape index (κ2) is 9.27. The van der Waals surface area contributed by atoms with Gasteiger partial charge < -0.3 is 10.6 Å². The van der Waals surface area contributed by atoms with Gasteiger partial charge in [-0.25, -0.2) is 9.18 Å². The number of benzene rings is 3. The maximum absolute atomic E-state index is 14.5. The fourth-order valence-electron chi connectivity index (χ4n) is 4.06. The molecule has 1 aliphatic heterocycles. The number of imide groups is 1. The van der Waals surface area contributed by atoms with Gasteiger partial charge in [-0.15, -0.1) is 0 Å². The Bertz CT molecular complexity index is 1260. The van der Waals surface area contributed by atoms with E-state index in [2.05, 4.69) is 10.6 Å². The zero-order valence-corrected chi connectivity index (χ0v) is 18.4. The lowest BCUT2D eigenvalue weighted by atomic mass is 9.83. The number of nitrogens with one attached hydrogen (secondary N) is 2. The SMILES string of the molecule is CC(=O)Nc1ccc(C(=O)CN2C(=O)NC(Cc3ccccc3)(c3ccccc3)C2=O)c(F)c1. The molecule has 0 aliphatic carbocycles. The number of ketones is 1. The highest BCUT2D eigenvalue weighted by atomic mass is 19.1. The zero-order valence-electron chi connectivity index (χ0n) is 18.4. The molecule has 34 heavy (non-hydrogen) atoms. The van der Waals surface area contributed by atoms with Gasteiger partial charge in [0.2, 0.25) is 5.91 Å². The number of Topliss-reactive ketones (excluding diaryl/α,β-unsaturated/α-hetero) is 1. The molecule has 3 aromatic rings. The quantitative estimate of drug-likeness (QED) is 0.416. The van der Waals surface area contributed by atoms with Gasteiger partial charge in [0.25, 0.3) is 5.91 Å². The van der Waals surface area contributed by atoms with E-state index in [1.807, 2.05) is 30.3 Å². The van der Waals surface area contributed by atoms with E-state index in [0.29, 0.717) is 5.56 Å². The molecule has 2 N–H and O–H groups in total. The molecule has 3 aromatic carbocycles. The Morgan fingerprint density at radius 3 is 2.24 bits per heavy atom. The summed E-state index contributed by atoms with van der Waals surface area (Å²) in [6, 6.07) is 20.9. The van der Waals surface area contributed by atoms with E-state index in [1.54, 1.807) is 30.3 Å². The Kier molecular flexibility index (Phi) is 6.23. The molecule has 172 valence electrons. The van der Waals surface area contributed by atoms with Crippen molar-refractivity contribution in [3.05, 3.63) is 101 Å². The van der Waals surface area contributed by atoms with Crippen LogP contribution in [0.15, 0.2) is 78.9 Å². The number of halogens is 1. The second-order valence-electron chi connectivity index (χ2n) is 8.05. The number of hydrogen-bond acceptors (Lipinski definition) is 4. The minimum absolute atomic E-state index is 0.187. The highest BCUT2D eigenvalue weighted by Gasteiger charge is 2.52. The van der Waals surface area contributed by atoms with Crippen LogP contribution >= 0.6 is 0 Å². The van der Waals surface area contributed by atoms with Crippen LogP contribution in [0.25, 0.3) is 0 Å². The summed E-state index contributed by atoms with van der Waals surface area (Å²) >= 11 is 0. The molecule has 0 saturated carbocycles. The standard InChI is InChI=1S/C26H22FN3O4/c1-17(31)28-20-12-13-21(22(27)14-20)23(32)16-30-24(33)26(29-25(30)34,19-10-6-3-7-11-19)15-18-8-4-2-5-9-18/h2-14H,15-16H2,1H3,(H,28,31)(H,29,34). The first-order valence-electron chi connectivity index (χ1n) is 10.6. The zero-order chi connectivity index (χ0) is 24.3. The van der Waals surface area contributed by atoms with Crippen molar-refractivity contribution in [3.8, 4) is 0 Å². The molecular formula is C26H22FN3O4. The monoisotopic (exact) mass is 459 g/mol. The van der Waals surface area contributed by atoms with Gasteiger partial charge in [-0.1, -0.05) is 60.7 Å². The lowest BCUT2D eigenvalue weighted by Crippen LogP contribution is -2.46. The van der Waals surface area contributed by atoms with Crippen LogP contribution in [0.5, 0.6) is 0 Å². The van der Waals surface area contributed by atoms with E-state index in [-0.39, 0.29) is 23.6 Å². The van der Waals surface area contributed by atoms with Crippen molar-refractivity contribution in [1.29, 1.82) is 0 Å². The van der Waals surface area contributed by atoms with Crippen LogP contribution in [-0.2, 0) is 21.5 Å². The summed E-state index contributed by atoms with van der Waals surface area (Å²) in [4.78, 5) is 51.3. The number of urea groups is 1. The van der Waals surface area contributed by atoms with Crippen LogP contribution in [-0.4, -0.2) is 35.1 Å². The summed E-state index contributed by atoms with van der Waals surface area (Å²) in [5.41, 5.74) is -0.0726. The lowest BCUT2D eigenvalue weighted by Gasteiger charge is -2.27. The van der Waals surface area contributed by atoms with E-state index in [0.717, 1.165) is 16.5 Å². The Hall–Kier alpha value is -4.33. The fraction of sp³-hybridized carbons (Fsp3) is 0.154. The Morgan fingerprint density at radius 1 is 0.971 bits per heavy atom. The molecule has 1 unspecified atom stereocenters. The predicted octanol–water partition coefficient (Wildman–Crippen LogP) is 3.66. The van der Waals surface area contributed by atoms with E-state index >= 15 is 0 Å². The maximum Gasteiger partial charge on any atom is 0.325 e. The topological polar surface area (TPSA) is 95.6 Å². The Balaban J connectivity index is 1.63. The summed E-state index contributed by atoms with van der Waals surface area (Å²) in [5, 5.41) is 5.21. The first-order chi connectivity index (χ1) is 16.3. The van der Waals surface area contributed by atoms with E-state index in [1.165, 1.54) is 19.1 Å². The molecule has 1 saturated heterocycles. The average Bonchev–Trinajstić information content (AvgIpc) is 3.05. The molecule has 8 heteroatoms. The maximum atomic E-state index is 14.5. The molecule has 7 nitrogen and oxygen atoms in total.